The number of amides is 1. The molecule has 2 heterocycles. The van der Waals surface area contributed by atoms with Crippen molar-refractivity contribution in [1.82, 2.24) is 15.2 Å². The van der Waals surface area contributed by atoms with Gasteiger partial charge in [0.2, 0.25) is 0 Å². The zero-order chi connectivity index (χ0) is 18.5. The molecule has 1 aromatic heterocycles. The number of pyridine rings is 1. The molecule has 2 aromatic rings. The lowest BCUT2D eigenvalue weighted by molar-refractivity contribution is 0.0204. The van der Waals surface area contributed by atoms with Crippen LogP contribution in [0.15, 0.2) is 36.5 Å². The Morgan fingerprint density at radius 2 is 2.00 bits per heavy atom. The molecule has 0 bridgehead atoms. The van der Waals surface area contributed by atoms with Gasteiger partial charge in [-0.3, -0.25) is 9.69 Å². The van der Waals surface area contributed by atoms with Crippen LogP contribution in [0.25, 0.3) is 11.1 Å². The fourth-order valence-corrected chi connectivity index (χ4v) is 3.08. The minimum atomic E-state index is -0.0786. The third kappa shape index (κ3) is 4.52. The van der Waals surface area contributed by atoms with Crippen molar-refractivity contribution in [3.8, 4) is 11.1 Å². The number of nitrogens with two attached hydrogens (primary N) is 1. The lowest BCUT2D eigenvalue weighted by Gasteiger charge is -2.32. The third-order valence-electron chi connectivity index (χ3n) is 4.58. The highest BCUT2D eigenvalue weighted by Gasteiger charge is 2.17. The molecule has 7 heteroatoms. The van der Waals surface area contributed by atoms with Gasteiger partial charge in [-0.15, -0.1) is 0 Å². The fourth-order valence-electron chi connectivity index (χ4n) is 2.91. The Kier molecular flexibility index (Phi) is 6.08. The second kappa shape index (κ2) is 8.49. The molecule has 0 spiro atoms. The van der Waals surface area contributed by atoms with Gasteiger partial charge in [-0.25, -0.2) is 4.98 Å². The molecule has 0 radical (unpaired) electrons. The predicted molar refractivity (Wildman–Crippen MR) is 103 cm³/mol. The molecule has 0 saturated carbocycles. The van der Waals surface area contributed by atoms with Gasteiger partial charge in [0.15, 0.2) is 0 Å². The average molecular weight is 375 g/mol. The van der Waals surface area contributed by atoms with Crippen molar-refractivity contribution in [2.45, 2.75) is 13.0 Å². The van der Waals surface area contributed by atoms with E-state index in [9.17, 15) is 4.79 Å². The molecule has 1 fully saturated rings. The number of anilines is 1. The van der Waals surface area contributed by atoms with Gasteiger partial charge in [-0.05, 0) is 30.7 Å². The number of ether oxygens (including phenoxy) is 1. The molecule has 6 nitrogen and oxygen atoms in total. The van der Waals surface area contributed by atoms with Gasteiger partial charge >= 0.3 is 0 Å². The number of morpholine rings is 1. The van der Waals surface area contributed by atoms with E-state index in [-0.39, 0.29) is 11.9 Å². The van der Waals surface area contributed by atoms with E-state index in [1.807, 2.05) is 12.1 Å². The molecule has 1 aliphatic rings. The van der Waals surface area contributed by atoms with Crippen LogP contribution in [0.2, 0.25) is 5.02 Å². The third-order valence-corrected chi connectivity index (χ3v) is 4.88. The zero-order valence-electron chi connectivity index (χ0n) is 14.7. The Morgan fingerprint density at radius 1 is 1.31 bits per heavy atom. The lowest BCUT2D eigenvalue weighted by Crippen LogP contribution is -2.47. The summed E-state index contributed by atoms with van der Waals surface area (Å²) in [7, 11) is 0. The summed E-state index contributed by atoms with van der Waals surface area (Å²) in [6, 6.07) is 9.41. The molecule has 1 aliphatic heterocycles. The number of carbonyl (C=O) groups excluding carboxylic acids is 1. The van der Waals surface area contributed by atoms with Crippen LogP contribution >= 0.6 is 11.6 Å². The molecule has 1 amide bonds. The second-order valence-electron chi connectivity index (χ2n) is 6.38. The normalized spacial score (nSPS) is 16.2. The number of aromatic nitrogens is 1. The van der Waals surface area contributed by atoms with E-state index in [1.54, 1.807) is 24.4 Å². The van der Waals surface area contributed by atoms with Crippen molar-refractivity contribution in [1.29, 1.82) is 0 Å². The van der Waals surface area contributed by atoms with Crippen LogP contribution in [0, 0.1) is 0 Å². The molecule has 0 aliphatic carbocycles. The first-order chi connectivity index (χ1) is 12.5. The van der Waals surface area contributed by atoms with E-state index in [0.717, 1.165) is 37.4 Å². The van der Waals surface area contributed by atoms with E-state index in [2.05, 4.69) is 22.1 Å². The van der Waals surface area contributed by atoms with Gasteiger partial charge in [-0.2, -0.15) is 0 Å². The Morgan fingerprint density at radius 3 is 2.65 bits per heavy atom. The molecular formula is C19H23ClN4O2. The summed E-state index contributed by atoms with van der Waals surface area (Å²) in [6.45, 7) is 6.05. The van der Waals surface area contributed by atoms with Crippen molar-refractivity contribution >= 4 is 23.3 Å². The van der Waals surface area contributed by atoms with E-state index in [1.165, 1.54) is 0 Å². The molecule has 3 N–H and O–H groups in total. The summed E-state index contributed by atoms with van der Waals surface area (Å²) in [5.74, 6) is 0.228. The average Bonchev–Trinajstić information content (AvgIpc) is 2.69. The summed E-state index contributed by atoms with van der Waals surface area (Å²) in [4.78, 5) is 18.8. The van der Waals surface area contributed by atoms with E-state index < -0.39 is 0 Å². The number of nitrogens with zero attached hydrogens (tertiary/aromatic N) is 2. The molecule has 0 unspecified atom stereocenters. The first-order valence-electron chi connectivity index (χ1n) is 8.66. The minimum absolute atomic E-state index is 0.0786. The Hall–Kier alpha value is -2.15. The van der Waals surface area contributed by atoms with Crippen LogP contribution in [0.1, 0.15) is 17.3 Å². The maximum Gasteiger partial charge on any atom is 0.251 e. The van der Waals surface area contributed by atoms with E-state index in [4.69, 9.17) is 22.1 Å². The standard InChI is InChI=1S/C19H23ClN4O2/c1-13(24-6-8-26-9-7-24)11-23-19(25)15-4-2-14(3-5-15)16-10-17(20)18(21)22-12-16/h2-5,10,12-13H,6-9,11H2,1H3,(H2,21,22)(H,23,25)/t13-/m1/s1. The van der Waals surface area contributed by atoms with Gasteiger partial charge in [0.25, 0.3) is 5.91 Å². The van der Waals surface area contributed by atoms with Crippen LogP contribution < -0.4 is 11.1 Å². The maximum atomic E-state index is 12.4. The molecule has 3 rings (SSSR count). The SMILES string of the molecule is C[C@H](CNC(=O)c1ccc(-c2cnc(N)c(Cl)c2)cc1)N1CCOCC1. The maximum absolute atomic E-state index is 12.4. The smallest absolute Gasteiger partial charge is 0.251 e. The van der Waals surface area contributed by atoms with Crippen molar-refractivity contribution in [3.63, 3.8) is 0 Å². The zero-order valence-corrected chi connectivity index (χ0v) is 15.5. The summed E-state index contributed by atoms with van der Waals surface area (Å²) in [6.07, 6.45) is 1.67. The van der Waals surface area contributed by atoms with E-state index in [0.29, 0.717) is 22.9 Å². The molecule has 1 saturated heterocycles. The predicted octanol–water partition coefficient (Wildman–Crippen LogP) is 2.43. The number of nitrogen functional groups attached to an aromatic ring is 1. The van der Waals surface area contributed by atoms with Crippen molar-refractivity contribution in [3.05, 3.63) is 47.1 Å². The van der Waals surface area contributed by atoms with Gasteiger partial charge in [-0.1, -0.05) is 23.7 Å². The second-order valence-corrected chi connectivity index (χ2v) is 6.78. The first-order valence-corrected chi connectivity index (χ1v) is 9.04. The van der Waals surface area contributed by atoms with Crippen LogP contribution in [0.5, 0.6) is 0 Å². The highest BCUT2D eigenvalue weighted by molar-refractivity contribution is 6.33. The van der Waals surface area contributed by atoms with Gasteiger partial charge in [0, 0.05) is 43.0 Å². The summed E-state index contributed by atoms with van der Waals surface area (Å²) in [5, 5.41) is 3.42. The number of benzene rings is 1. The molecular weight excluding hydrogens is 352 g/mol. The largest absolute Gasteiger partial charge is 0.382 e. The number of hydrogen-bond acceptors (Lipinski definition) is 5. The van der Waals surface area contributed by atoms with Crippen LogP contribution in [0.3, 0.4) is 0 Å². The van der Waals surface area contributed by atoms with Crippen LogP contribution in [-0.2, 0) is 4.74 Å². The fraction of sp³-hybridized carbons (Fsp3) is 0.368. The summed E-state index contributed by atoms with van der Waals surface area (Å²) in [5.41, 5.74) is 8.05. The number of halogens is 1. The quantitative estimate of drug-likeness (QED) is 0.840. The van der Waals surface area contributed by atoms with Crippen LogP contribution in [0.4, 0.5) is 5.82 Å². The number of hydrogen-bond donors (Lipinski definition) is 2. The minimum Gasteiger partial charge on any atom is -0.382 e. The van der Waals surface area contributed by atoms with Crippen molar-refractivity contribution in [2.24, 2.45) is 0 Å². The van der Waals surface area contributed by atoms with Gasteiger partial charge in [0.1, 0.15) is 5.82 Å². The molecule has 138 valence electrons. The monoisotopic (exact) mass is 374 g/mol. The highest BCUT2D eigenvalue weighted by atomic mass is 35.5. The summed E-state index contributed by atoms with van der Waals surface area (Å²) >= 11 is 6.02. The highest BCUT2D eigenvalue weighted by Crippen LogP contribution is 2.25. The van der Waals surface area contributed by atoms with Gasteiger partial charge in [0.05, 0.1) is 18.2 Å². The van der Waals surface area contributed by atoms with Crippen molar-refractivity contribution < 1.29 is 9.53 Å². The van der Waals surface area contributed by atoms with E-state index >= 15 is 0 Å². The Bertz CT molecular complexity index is 761. The molecule has 1 aromatic carbocycles. The number of carbonyl (C=O) groups is 1. The lowest BCUT2D eigenvalue weighted by atomic mass is 10.1. The molecule has 26 heavy (non-hydrogen) atoms. The Balaban J connectivity index is 1.58. The Labute approximate surface area is 158 Å². The van der Waals surface area contributed by atoms with Crippen molar-refractivity contribution in [2.75, 3.05) is 38.6 Å². The summed E-state index contributed by atoms with van der Waals surface area (Å²) < 4.78 is 5.36. The topological polar surface area (TPSA) is 80.5 Å². The van der Waals surface area contributed by atoms with Crippen LogP contribution in [-0.4, -0.2) is 54.7 Å². The molecule has 1 atom stereocenters. The van der Waals surface area contributed by atoms with Gasteiger partial charge < -0.3 is 15.8 Å². The number of nitrogens with one attached hydrogen (secondary N) is 1. The number of rotatable bonds is 5. The first kappa shape index (κ1) is 18.6.